The Morgan fingerprint density at radius 3 is 2.75 bits per heavy atom. The van der Waals surface area contributed by atoms with Gasteiger partial charge in [-0.05, 0) is 43.7 Å². The molecule has 2 heterocycles. The summed E-state index contributed by atoms with van der Waals surface area (Å²) in [5, 5.41) is 5.88. The highest BCUT2D eigenvalue weighted by Gasteiger charge is 2.14. The summed E-state index contributed by atoms with van der Waals surface area (Å²) in [6.07, 6.45) is 0.684. The fraction of sp³-hybridized carbons (Fsp3) is 0.263. The largest absolute Gasteiger partial charge is 0.493 e. The first-order chi connectivity index (χ1) is 13.5. The zero-order valence-electron chi connectivity index (χ0n) is 15.2. The van der Waals surface area contributed by atoms with Gasteiger partial charge in [-0.2, -0.15) is 8.78 Å². The normalized spacial score (nSPS) is 10.9. The van der Waals surface area contributed by atoms with Gasteiger partial charge < -0.3 is 14.8 Å². The summed E-state index contributed by atoms with van der Waals surface area (Å²) in [6, 6.07) is 8.15. The summed E-state index contributed by atoms with van der Waals surface area (Å²) in [6.45, 7) is -0.538. The minimum absolute atomic E-state index is 0.0782. The van der Waals surface area contributed by atoms with Crippen LogP contribution in [-0.2, 0) is 6.42 Å². The fourth-order valence-corrected chi connectivity index (χ4v) is 4.19. The van der Waals surface area contributed by atoms with E-state index in [1.807, 2.05) is 24.4 Å². The van der Waals surface area contributed by atoms with E-state index in [-0.39, 0.29) is 17.4 Å². The monoisotopic (exact) mass is 424 g/mol. The molecule has 0 unspecified atom stereocenters. The van der Waals surface area contributed by atoms with Gasteiger partial charge in [0.25, 0.3) is 5.91 Å². The van der Waals surface area contributed by atoms with Crippen molar-refractivity contribution in [1.29, 1.82) is 0 Å². The molecule has 3 aromatic rings. The SMILES string of the molecule is COc1cc(C(=O)NCCc2ccc(-c3csc(C)n3)s2)ccc1OC(F)F. The second-order valence-corrected chi connectivity index (χ2v) is 8.00. The minimum Gasteiger partial charge on any atom is -0.493 e. The van der Waals surface area contributed by atoms with E-state index in [1.165, 1.54) is 25.3 Å². The Kier molecular flexibility index (Phi) is 6.58. The number of rotatable bonds is 8. The second kappa shape index (κ2) is 9.11. The number of thiophene rings is 1. The lowest BCUT2D eigenvalue weighted by molar-refractivity contribution is -0.0512. The maximum atomic E-state index is 12.4. The molecule has 0 radical (unpaired) electrons. The van der Waals surface area contributed by atoms with Crippen LogP contribution in [0.15, 0.2) is 35.7 Å². The number of hydrogen-bond acceptors (Lipinski definition) is 6. The van der Waals surface area contributed by atoms with Crippen molar-refractivity contribution in [3.05, 3.63) is 51.2 Å². The van der Waals surface area contributed by atoms with Crippen LogP contribution in [0.3, 0.4) is 0 Å². The van der Waals surface area contributed by atoms with Gasteiger partial charge in [-0.3, -0.25) is 4.79 Å². The lowest BCUT2D eigenvalue weighted by Gasteiger charge is -2.11. The van der Waals surface area contributed by atoms with Crippen molar-refractivity contribution in [3.8, 4) is 22.1 Å². The summed E-state index contributed by atoms with van der Waals surface area (Å²) in [7, 11) is 1.33. The van der Waals surface area contributed by atoms with E-state index < -0.39 is 6.61 Å². The average molecular weight is 424 g/mol. The Morgan fingerprint density at radius 1 is 1.25 bits per heavy atom. The Labute approximate surface area is 169 Å². The predicted octanol–water partition coefficient (Wildman–Crippen LogP) is 4.76. The molecule has 148 valence electrons. The predicted molar refractivity (Wildman–Crippen MR) is 106 cm³/mol. The molecule has 2 aromatic heterocycles. The highest BCUT2D eigenvalue weighted by atomic mass is 32.1. The van der Waals surface area contributed by atoms with E-state index in [0.717, 1.165) is 20.5 Å². The summed E-state index contributed by atoms with van der Waals surface area (Å²) in [5.74, 6) is -0.347. The van der Waals surface area contributed by atoms with Crippen molar-refractivity contribution in [3.63, 3.8) is 0 Å². The van der Waals surface area contributed by atoms with Crippen LogP contribution in [0.2, 0.25) is 0 Å². The van der Waals surface area contributed by atoms with E-state index in [4.69, 9.17) is 4.74 Å². The van der Waals surface area contributed by atoms with E-state index in [9.17, 15) is 13.6 Å². The summed E-state index contributed by atoms with van der Waals surface area (Å²) in [5.41, 5.74) is 1.28. The number of benzene rings is 1. The third-order valence-corrected chi connectivity index (χ3v) is 5.77. The molecule has 0 bridgehead atoms. The molecule has 28 heavy (non-hydrogen) atoms. The van der Waals surface area contributed by atoms with Gasteiger partial charge in [0.15, 0.2) is 11.5 Å². The number of alkyl halides is 2. The van der Waals surface area contributed by atoms with Crippen molar-refractivity contribution in [1.82, 2.24) is 10.3 Å². The Bertz CT molecular complexity index is 956. The van der Waals surface area contributed by atoms with Crippen molar-refractivity contribution in [2.75, 3.05) is 13.7 Å². The lowest BCUT2D eigenvalue weighted by atomic mass is 10.2. The van der Waals surface area contributed by atoms with Crippen LogP contribution in [-0.4, -0.2) is 31.2 Å². The number of ether oxygens (including phenoxy) is 2. The molecular weight excluding hydrogens is 406 g/mol. The molecule has 1 amide bonds. The van der Waals surface area contributed by atoms with Crippen LogP contribution >= 0.6 is 22.7 Å². The van der Waals surface area contributed by atoms with Crippen LogP contribution in [0.1, 0.15) is 20.2 Å². The van der Waals surface area contributed by atoms with E-state index in [1.54, 1.807) is 22.7 Å². The molecule has 5 nitrogen and oxygen atoms in total. The first-order valence-electron chi connectivity index (χ1n) is 8.38. The first kappa shape index (κ1) is 20.2. The van der Waals surface area contributed by atoms with Crippen LogP contribution in [0.25, 0.3) is 10.6 Å². The minimum atomic E-state index is -2.96. The van der Waals surface area contributed by atoms with Gasteiger partial charge in [-0.25, -0.2) is 4.98 Å². The number of aromatic nitrogens is 1. The maximum Gasteiger partial charge on any atom is 0.387 e. The van der Waals surface area contributed by atoms with Crippen LogP contribution in [0.5, 0.6) is 11.5 Å². The average Bonchev–Trinajstić information content (AvgIpc) is 3.30. The molecule has 0 saturated heterocycles. The summed E-state index contributed by atoms with van der Waals surface area (Å²) in [4.78, 5) is 19.0. The number of amides is 1. The number of thiazole rings is 1. The molecule has 0 atom stereocenters. The highest BCUT2D eigenvalue weighted by Crippen LogP contribution is 2.30. The van der Waals surface area contributed by atoms with E-state index >= 15 is 0 Å². The molecule has 1 N–H and O–H groups in total. The number of carbonyl (C=O) groups excluding carboxylic acids is 1. The Balaban J connectivity index is 1.56. The number of halogens is 2. The maximum absolute atomic E-state index is 12.4. The van der Waals surface area contributed by atoms with Crippen molar-refractivity contribution in [2.24, 2.45) is 0 Å². The third kappa shape index (κ3) is 5.05. The molecule has 1 aromatic carbocycles. The lowest BCUT2D eigenvalue weighted by Crippen LogP contribution is -2.25. The van der Waals surface area contributed by atoms with Crippen LogP contribution < -0.4 is 14.8 Å². The molecule has 0 fully saturated rings. The number of nitrogens with zero attached hydrogens (tertiary/aromatic N) is 1. The quantitative estimate of drug-likeness (QED) is 0.566. The van der Waals surface area contributed by atoms with Gasteiger partial charge in [0.05, 0.1) is 22.7 Å². The van der Waals surface area contributed by atoms with Crippen LogP contribution in [0.4, 0.5) is 8.78 Å². The van der Waals surface area contributed by atoms with Crippen LogP contribution in [0, 0.1) is 6.92 Å². The Morgan fingerprint density at radius 2 is 2.07 bits per heavy atom. The Hall–Kier alpha value is -2.52. The molecule has 0 aliphatic heterocycles. The van der Waals surface area contributed by atoms with Gasteiger partial charge in [0, 0.05) is 22.4 Å². The first-order valence-corrected chi connectivity index (χ1v) is 10.1. The van der Waals surface area contributed by atoms with Gasteiger partial charge >= 0.3 is 6.61 Å². The fourth-order valence-electron chi connectivity index (χ4n) is 2.53. The van der Waals surface area contributed by atoms with Gasteiger partial charge in [-0.1, -0.05) is 0 Å². The standard InChI is InChI=1S/C19H18F2N2O3S2/c1-11-23-14(10-27-11)17-6-4-13(28-17)7-8-22-18(24)12-3-5-15(26-19(20)21)16(9-12)25-2/h3-6,9-10,19H,7-8H2,1-2H3,(H,22,24). The van der Waals surface area contributed by atoms with Crippen molar-refractivity contribution < 1.29 is 23.0 Å². The number of carbonyl (C=O) groups is 1. The summed E-state index contributed by atoms with van der Waals surface area (Å²) < 4.78 is 34.1. The van der Waals surface area contributed by atoms with E-state index in [0.29, 0.717) is 18.5 Å². The van der Waals surface area contributed by atoms with Gasteiger partial charge in [0.2, 0.25) is 0 Å². The number of hydrogen-bond donors (Lipinski definition) is 1. The number of aryl methyl sites for hydroxylation is 1. The zero-order valence-corrected chi connectivity index (χ0v) is 16.8. The number of methoxy groups -OCH3 is 1. The van der Waals surface area contributed by atoms with E-state index in [2.05, 4.69) is 15.0 Å². The van der Waals surface area contributed by atoms with Gasteiger partial charge in [-0.15, -0.1) is 22.7 Å². The topological polar surface area (TPSA) is 60.5 Å². The smallest absolute Gasteiger partial charge is 0.387 e. The molecule has 9 heteroatoms. The highest BCUT2D eigenvalue weighted by molar-refractivity contribution is 7.16. The molecule has 0 aliphatic carbocycles. The number of nitrogens with one attached hydrogen (secondary N) is 1. The van der Waals surface area contributed by atoms with Crippen molar-refractivity contribution in [2.45, 2.75) is 20.0 Å². The molecule has 3 rings (SSSR count). The molecular formula is C19H18F2N2O3S2. The van der Waals surface area contributed by atoms with Gasteiger partial charge in [0.1, 0.15) is 0 Å². The second-order valence-electron chi connectivity index (χ2n) is 5.77. The van der Waals surface area contributed by atoms with Crippen molar-refractivity contribution >= 4 is 28.6 Å². The molecule has 0 aliphatic rings. The molecule has 0 saturated carbocycles. The zero-order chi connectivity index (χ0) is 20.1. The summed E-state index contributed by atoms with van der Waals surface area (Å²) >= 11 is 3.26. The molecule has 0 spiro atoms. The third-order valence-electron chi connectivity index (χ3n) is 3.83.